The predicted molar refractivity (Wildman–Crippen MR) is 107 cm³/mol. The van der Waals surface area contributed by atoms with Gasteiger partial charge in [0, 0.05) is 19.7 Å². The van der Waals surface area contributed by atoms with Crippen LogP contribution >= 0.6 is 0 Å². The SMILES string of the molecule is CC(=O)Nc1ccc(CC(=O)N(C)C(C)c2ccc(-n3cncn3)cc2)cc1. The van der Waals surface area contributed by atoms with Gasteiger partial charge in [0.05, 0.1) is 18.2 Å². The fraction of sp³-hybridized carbons (Fsp3) is 0.238. The van der Waals surface area contributed by atoms with Crippen LogP contribution in [-0.4, -0.2) is 38.5 Å². The van der Waals surface area contributed by atoms with Crippen LogP contribution in [0.5, 0.6) is 0 Å². The lowest BCUT2D eigenvalue weighted by molar-refractivity contribution is -0.131. The highest BCUT2D eigenvalue weighted by atomic mass is 16.2. The van der Waals surface area contributed by atoms with Crippen molar-refractivity contribution < 1.29 is 9.59 Å². The first-order chi connectivity index (χ1) is 13.4. The van der Waals surface area contributed by atoms with Crippen LogP contribution in [0, 0.1) is 0 Å². The van der Waals surface area contributed by atoms with Gasteiger partial charge in [0.1, 0.15) is 12.7 Å². The Morgan fingerprint density at radius 1 is 1.11 bits per heavy atom. The third-order valence-electron chi connectivity index (χ3n) is 4.66. The normalized spacial score (nSPS) is 11.7. The van der Waals surface area contributed by atoms with Crippen LogP contribution in [0.3, 0.4) is 0 Å². The molecule has 144 valence electrons. The van der Waals surface area contributed by atoms with E-state index in [0.29, 0.717) is 6.42 Å². The van der Waals surface area contributed by atoms with E-state index >= 15 is 0 Å². The molecule has 0 fully saturated rings. The van der Waals surface area contributed by atoms with E-state index in [0.717, 1.165) is 22.5 Å². The van der Waals surface area contributed by atoms with Crippen LogP contribution in [0.1, 0.15) is 31.0 Å². The fourth-order valence-electron chi connectivity index (χ4n) is 2.90. The first-order valence-electron chi connectivity index (χ1n) is 9.01. The third kappa shape index (κ3) is 4.62. The Hall–Kier alpha value is -3.48. The maximum atomic E-state index is 12.7. The Bertz CT molecular complexity index is 934. The lowest BCUT2D eigenvalue weighted by atomic mass is 10.1. The van der Waals surface area contributed by atoms with Crippen molar-refractivity contribution >= 4 is 17.5 Å². The van der Waals surface area contributed by atoms with Gasteiger partial charge in [0.15, 0.2) is 0 Å². The molecule has 0 radical (unpaired) electrons. The van der Waals surface area contributed by atoms with E-state index in [1.54, 1.807) is 28.0 Å². The van der Waals surface area contributed by atoms with Crippen molar-refractivity contribution in [3.05, 3.63) is 72.3 Å². The molecule has 7 heteroatoms. The number of hydrogen-bond acceptors (Lipinski definition) is 4. The number of nitrogens with one attached hydrogen (secondary N) is 1. The highest BCUT2D eigenvalue weighted by molar-refractivity contribution is 5.88. The van der Waals surface area contributed by atoms with Gasteiger partial charge in [-0.3, -0.25) is 9.59 Å². The Balaban J connectivity index is 1.63. The van der Waals surface area contributed by atoms with E-state index in [1.165, 1.54) is 13.3 Å². The predicted octanol–water partition coefficient (Wildman–Crippen LogP) is 2.99. The molecular formula is C21H23N5O2. The number of likely N-dealkylation sites (N-methyl/N-ethyl adjacent to an activating group) is 1. The van der Waals surface area contributed by atoms with Crippen molar-refractivity contribution in [1.82, 2.24) is 19.7 Å². The molecule has 2 amide bonds. The number of carbonyl (C=O) groups excluding carboxylic acids is 2. The van der Waals surface area contributed by atoms with Crippen molar-refractivity contribution in [3.8, 4) is 5.69 Å². The second-order valence-electron chi connectivity index (χ2n) is 6.67. The standard InChI is InChI=1S/C21H23N5O2/c1-15(18-6-10-20(11-7-18)26-14-22-13-23-26)25(3)21(28)12-17-4-8-19(9-5-17)24-16(2)27/h4-11,13-15H,12H2,1-3H3,(H,24,27). The molecule has 0 saturated carbocycles. The summed E-state index contributed by atoms with van der Waals surface area (Å²) in [5.74, 6) is -0.0904. The van der Waals surface area contributed by atoms with Gasteiger partial charge in [-0.15, -0.1) is 0 Å². The van der Waals surface area contributed by atoms with Crippen molar-refractivity contribution in [2.45, 2.75) is 26.3 Å². The number of benzene rings is 2. The minimum atomic E-state index is -0.118. The monoisotopic (exact) mass is 377 g/mol. The highest BCUT2D eigenvalue weighted by Crippen LogP contribution is 2.21. The summed E-state index contributed by atoms with van der Waals surface area (Å²) in [7, 11) is 1.81. The first kappa shape index (κ1) is 19.3. The Morgan fingerprint density at radius 2 is 1.79 bits per heavy atom. The van der Waals surface area contributed by atoms with Crippen molar-refractivity contribution in [2.24, 2.45) is 0 Å². The number of aromatic nitrogens is 3. The molecule has 1 N–H and O–H groups in total. The molecule has 3 aromatic rings. The van der Waals surface area contributed by atoms with Gasteiger partial charge < -0.3 is 10.2 Å². The minimum absolute atomic E-state index is 0.0279. The lowest BCUT2D eigenvalue weighted by Gasteiger charge is -2.25. The fourth-order valence-corrected chi connectivity index (χ4v) is 2.90. The van der Waals surface area contributed by atoms with Gasteiger partial charge in [-0.05, 0) is 42.3 Å². The molecule has 2 aromatic carbocycles. The van der Waals surface area contributed by atoms with Gasteiger partial charge in [-0.1, -0.05) is 24.3 Å². The number of nitrogens with zero attached hydrogens (tertiary/aromatic N) is 4. The Labute approximate surface area is 164 Å². The summed E-state index contributed by atoms with van der Waals surface area (Å²) in [4.78, 5) is 29.4. The molecular weight excluding hydrogens is 354 g/mol. The van der Waals surface area contributed by atoms with E-state index in [4.69, 9.17) is 0 Å². The van der Waals surface area contributed by atoms with Crippen molar-refractivity contribution in [1.29, 1.82) is 0 Å². The number of anilines is 1. The van der Waals surface area contributed by atoms with Gasteiger partial charge in [0.2, 0.25) is 11.8 Å². The van der Waals surface area contributed by atoms with Gasteiger partial charge >= 0.3 is 0 Å². The zero-order chi connectivity index (χ0) is 20.1. The molecule has 0 spiro atoms. The number of amides is 2. The number of rotatable bonds is 6. The van der Waals surface area contributed by atoms with Crippen LogP contribution in [0.15, 0.2) is 61.2 Å². The van der Waals surface area contributed by atoms with E-state index in [1.807, 2.05) is 50.4 Å². The van der Waals surface area contributed by atoms with Crippen LogP contribution in [0.25, 0.3) is 5.69 Å². The van der Waals surface area contributed by atoms with Crippen LogP contribution < -0.4 is 5.32 Å². The summed E-state index contributed by atoms with van der Waals surface area (Å²) < 4.78 is 1.69. The Kier molecular flexibility index (Phi) is 5.84. The van der Waals surface area contributed by atoms with Gasteiger partial charge in [-0.2, -0.15) is 5.10 Å². The van der Waals surface area contributed by atoms with E-state index in [2.05, 4.69) is 15.4 Å². The molecule has 1 heterocycles. The zero-order valence-electron chi connectivity index (χ0n) is 16.2. The molecule has 3 rings (SSSR count). The highest BCUT2D eigenvalue weighted by Gasteiger charge is 2.18. The Morgan fingerprint density at radius 3 is 2.36 bits per heavy atom. The lowest BCUT2D eigenvalue weighted by Crippen LogP contribution is -2.31. The second-order valence-corrected chi connectivity index (χ2v) is 6.67. The van der Waals surface area contributed by atoms with Crippen LogP contribution in [-0.2, 0) is 16.0 Å². The van der Waals surface area contributed by atoms with Crippen molar-refractivity contribution in [2.75, 3.05) is 12.4 Å². The number of hydrogen-bond donors (Lipinski definition) is 1. The summed E-state index contributed by atoms with van der Waals surface area (Å²) in [6, 6.07) is 15.2. The first-order valence-corrected chi connectivity index (χ1v) is 9.01. The zero-order valence-corrected chi connectivity index (χ0v) is 16.2. The molecule has 1 unspecified atom stereocenters. The minimum Gasteiger partial charge on any atom is -0.339 e. The average Bonchev–Trinajstić information content (AvgIpc) is 3.23. The average molecular weight is 377 g/mol. The van der Waals surface area contributed by atoms with E-state index in [9.17, 15) is 9.59 Å². The van der Waals surface area contributed by atoms with Crippen LogP contribution in [0.2, 0.25) is 0 Å². The molecule has 28 heavy (non-hydrogen) atoms. The number of carbonyl (C=O) groups is 2. The van der Waals surface area contributed by atoms with Crippen LogP contribution in [0.4, 0.5) is 5.69 Å². The largest absolute Gasteiger partial charge is 0.339 e. The smallest absolute Gasteiger partial charge is 0.227 e. The molecule has 7 nitrogen and oxygen atoms in total. The molecule has 1 atom stereocenters. The maximum absolute atomic E-state index is 12.7. The van der Waals surface area contributed by atoms with E-state index < -0.39 is 0 Å². The van der Waals surface area contributed by atoms with Gasteiger partial charge in [0.25, 0.3) is 0 Å². The third-order valence-corrected chi connectivity index (χ3v) is 4.66. The molecule has 0 aliphatic heterocycles. The molecule has 0 aliphatic rings. The summed E-state index contributed by atoms with van der Waals surface area (Å²) in [6.45, 7) is 3.47. The van der Waals surface area contributed by atoms with E-state index in [-0.39, 0.29) is 17.9 Å². The quantitative estimate of drug-likeness (QED) is 0.716. The molecule has 0 saturated heterocycles. The second kappa shape index (κ2) is 8.47. The summed E-state index contributed by atoms with van der Waals surface area (Å²) >= 11 is 0. The molecule has 0 aliphatic carbocycles. The summed E-state index contributed by atoms with van der Waals surface area (Å²) in [5.41, 5.74) is 3.58. The summed E-state index contributed by atoms with van der Waals surface area (Å²) in [5, 5.41) is 6.83. The van der Waals surface area contributed by atoms with Crippen molar-refractivity contribution in [3.63, 3.8) is 0 Å². The maximum Gasteiger partial charge on any atom is 0.227 e. The molecule has 1 aromatic heterocycles. The van der Waals surface area contributed by atoms with Gasteiger partial charge in [-0.25, -0.2) is 9.67 Å². The molecule has 0 bridgehead atoms. The topological polar surface area (TPSA) is 80.1 Å². The summed E-state index contributed by atoms with van der Waals surface area (Å²) in [6.07, 6.45) is 3.44.